The predicted octanol–water partition coefficient (Wildman–Crippen LogP) is 4.77. The van der Waals surface area contributed by atoms with E-state index in [1.165, 1.54) is 23.9 Å². The second kappa shape index (κ2) is 8.22. The molecule has 0 radical (unpaired) electrons. The van der Waals surface area contributed by atoms with Gasteiger partial charge in [0.25, 0.3) is 0 Å². The lowest BCUT2D eigenvalue weighted by Gasteiger charge is -2.11. The van der Waals surface area contributed by atoms with E-state index in [4.69, 9.17) is 4.74 Å². The largest absolute Gasteiger partial charge is 0.497 e. The van der Waals surface area contributed by atoms with Gasteiger partial charge in [-0.05, 0) is 54.1 Å². The Morgan fingerprint density at radius 1 is 1.04 bits per heavy atom. The molecule has 0 aliphatic carbocycles. The fraction of sp³-hybridized carbons (Fsp3) is 0.0952. The molecule has 5 nitrogen and oxygen atoms in total. The van der Waals surface area contributed by atoms with Crippen molar-refractivity contribution in [3.05, 3.63) is 84.4 Å². The van der Waals surface area contributed by atoms with Crippen molar-refractivity contribution in [1.82, 2.24) is 19.7 Å². The van der Waals surface area contributed by atoms with Crippen LogP contribution in [-0.4, -0.2) is 26.9 Å². The molecule has 0 fully saturated rings. The fourth-order valence-corrected chi connectivity index (χ4v) is 3.68. The van der Waals surface area contributed by atoms with Crippen molar-refractivity contribution >= 4 is 11.8 Å². The number of nitrogens with zero attached hydrogens (tertiary/aromatic N) is 4. The predicted molar refractivity (Wildman–Crippen MR) is 107 cm³/mol. The van der Waals surface area contributed by atoms with Crippen LogP contribution in [0.5, 0.6) is 5.75 Å². The fourth-order valence-electron chi connectivity index (χ4n) is 2.78. The number of thioether (sulfide) groups is 1. The molecule has 0 saturated carbocycles. The van der Waals surface area contributed by atoms with E-state index in [0.29, 0.717) is 16.7 Å². The molecule has 4 rings (SSSR count). The van der Waals surface area contributed by atoms with Crippen LogP contribution < -0.4 is 4.74 Å². The van der Waals surface area contributed by atoms with Crippen molar-refractivity contribution in [2.75, 3.05) is 7.11 Å². The minimum Gasteiger partial charge on any atom is -0.497 e. The SMILES string of the molecule is COc1ccc(-n2c(SCc3cccc(F)c3)nnc2-c2cccnc2)cc1. The van der Waals surface area contributed by atoms with Crippen LogP contribution in [0.15, 0.2) is 78.2 Å². The van der Waals surface area contributed by atoms with E-state index in [1.807, 2.05) is 47.0 Å². The zero-order valence-electron chi connectivity index (χ0n) is 15.1. The van der Waals surface area contributed by atoms with Gasteiger partial charge >= 0.3 is 0 Å². The number of aromatic nitrogens is 4. The highest BCUT2D eigenvalue weighted by molar-refractivity contribution is 7.98. The van der Waals surface area contributed by atoms with Gasteiger partial charge in [-0.25, -0.2) is 4.39 Å². The molecule has 0 aliphatic heterocycles. The molecular weight excluding hydrogens is 375 g/mol. The van der Waals surface area contributed by atoms with Crippen molar-refractivity contribution in [3.8, 4) is 22.8 Å². The van der Waals surface area contributed by atoms with Crippen LogP contribution in [-0.2, 0) is 5.75 Å². The van der Waals surface area contributed by atoms with Gasteiger partial charge in [0, 0.05) is 29.4 Å². The number of hydrogen-bond acceptors (Lipinski definition) is 5. The van der Waals surface area contributed by atoms with E-state index in [-0.39, 0.29) is 5.82 Å². The summed E-state index contributed by atoms with van der Waals surface area (Å²) < 4.78 is 20.7. The lowest BCUT2D eigenvalue weighted by atomic mass is 10.2. The molecule has 4 aromatic rings. The minimum absolute atomic E-state index is 0.245. The molecule has 0 N–H and O–H groups in total. The number of hydrogen-bond donors (Lipinski definition) is 0. The van der Waals surface area contributed by atoms with Gasteiger partial charge in [-0.3, -0.25) is 9.55 Å². The molecule has 2 heterocycles. The first-order valence-corrected chi connectivity index (χ1v) is 9.60. The van der Waals surface area contributed by atoms with Crippen LogP contribution in [0.1, 0.15) is 5.56 Å². The topological polar surface area (TPSA) is 52.8 Å². The molecule has 0 saturated heterocycles. The van der Waals surface area contributed by atoms with Crippen molar-refractivity contribution < 1.29 is 9.13 Å². The third-order valence-corrected chi connectivity index (χ3v) is 5.14. The van der Waals surface area contributed by atoms with Gasteiger partial charge in [0.1, 0.15) is 11.6 Å². The molecule has 28 heavy (non-hydrogen) atoms. The minimum atomic E-state index is -0.245. The Morgan fingerprint density at radius 3 is 2.61 bits per heavy atom. The van der Waals surface area contributed by atoms with Crippen LogP contribution in [0.25, 0.3) is 17.1 Å². The van der Waals surface area contributed by atoms with Crippen molar-refractivity contribution in [3.63, 3.8) is 0 Å². The number of halogens is 1. The maximum Gasteiger partial charge on any atom is 0.196 e. The summed E-state index contributed by atoms with van der Waals surface area (Å²) in [7, 11) is 1.63. The highest BCUT2D eigenvalue weighted by atomic mass is 32.2. The molecule has 0 amide bonds. The van der Waals surface area contributed by atoms with Gasteiger partial charge in [0.2, 0.25) is 0 Å². The number of benzene rings is 2. The van der Waals surface area contributed by atoms with E-state index >= 15 is 0 Å². The van der Waals surface area contributed by atoms with Crippen LogP contribution in [0.2, 0.25) is 0 Å². The molecule has 0 spiro atoms. The third kappa shape index (κ3) is 3.89. The van der Waals surface area contributed by atoms with Crippen LogP contribution in [0, 0.1) is 5.82 Å². The molecule has 0 atom stereocenters. The van der Waals surface area contributed by atoms with E-state index in [1.54, 1.807) is 25.6 Å². The second-order valence-electron chi connectivity index (χ2n) is 6.00. The molecule has 7 heteroatoms. The highest BCUT2D eigenvalue weighted by Gasteiger charge is 2.16. The van der Waals surface area contributed by atoms with E-state index in [9.17, 15) is 4.39 Å². The number of rotatable bonds is 6. The Labute approximate surface area is 166 Å². The van der Waals surface area contributed by atoms with Gasteiger partial charge in [-0.2, -0.15) is 0 Å². The van der Waals surface area contributed by atoms with Crippen LogP contribution in [0.3, 0.4) is 0 Å². The average molecular weight is 392 g/mol. The van der Waals surface area contributed by atoms with Gasteiger partial charge in [-0.15, -0.1) is 10.2 Å². The monoisotopic (exact) mass is 392 g/mol. The molecular formula is C21H17FN4OS. The third-order valence-electron chi connectivity index (χ3n) is 4.14. The summed E-state index contributed by atoms with van der Waals surface area (Å²) in [5, 5.41) is 9.47. The van der Waals surface area contributed by atoms with Gasteiger partial charge < -0.3 is 4.74 Å². The van der Waals surface area contributed by atoms with E-state index in [2.05, 4.69) is 15.2 Å². The highest BCUT2D eigenvalue weighted by Crippen LogP contribution is 2.30. The molecule has 2 aromatic heterocycles. The molecule has 0 bridgehead atoms. The molecule has 140 valence electrons. The Kier molecular flexibility index (Phi) is 5.34. The summed E-state index contributed by atoms with van der Waals surface area (Å²) in [4.78, 5) is 4.19. The Bertz CT molecular complexity index is 1070. The number of ether oxygens (including phenoxy) is 1. The summed E-state index contributed by atoms with van der Waals surface area (Å²) in [5.41, 5.74) is 2.66. The molecule has 2 aromatic carbocycles. The Balaban J connectivity index is 1.72. The van der Waals surface area contributed by atoms with E-state index in [0.717, 1.165) is 22.6 Å². The second-order valence-corrected chi connectivity index (χ2v) is 6.94. The van der Waals surface area contributed by atoms with Gasteiger partial charge in [-0.1, -0.05) is 23.9 Å². The van der Waals surface area contributed by atoms with Crippen LogP contribution in [0.4, 0.5) is 4.39 Å². The normalized spacial score (nSPS) is 10.8. The quantitative estimate of drug-likeness (QED) is 0.443. The van der Waals surface area contributed by atoms with E-state index < -0.39 is 0 Å². The average Bonchev–Trinajstić information content (AvgIpc) is 3.17. The first kappa shape index (κ1) is 18.2. The first-order chi connectivity index (χ1) is 13.7. The smallest absolute Gasteiger partial charge is 0.196 e. The van der Waals surface area contributed by atoms with Crippen molar-refractivity contribution in [2.45, 2.75) is 10.9 Å². The first-order valence-electron chi connectivity index (χ1n) is 8.62. The summed E-state index contributed by atoms with van der Waals surface area (Å²) in [6.07, 6.45) is 3.47. The summed E-state index contributed by atoms with van der Waals surface area (Å²) >= 11 is 1.50. The molecule has 0 unspecified atom stereocenters. The zero-order chi connectivity index (χ0) is 19.3. The van der Waals surface area contributed by atoms with Gasteiger partial charge in [0.05, 0.1) is 7.11 Å². The number of pyridine rings is 1. The maximum absolute atomic E-state index is 13.5. The Morgan fingerprint density at radius 2 is 1.89 bits per heavy atom. The lowest BCUT2D eigenvalue weighted by Crippen LogP contribution is -2.00. The summed E-state index contributed by atoms with van der Waals surface area (Å²) in [6, 6.07) is 18.1. The van der Waals surface area contributed by atoms with Gasteiger partial charge in [0.15, 0.2) is 11.0 Å². The maximum atomic E-state index is 13.5. The number of methoxy groups -OCH3 is 1. The zero-order valence-corrected chi connectivity index (χ0v) is 15.9. The van der Waals surface area contributed by atoms with Crippen LogP contribution >= 0.6 is 11.8 Å². The summed E-state index contributed by atoms with van der Waals surface area (Å²) in [5.74, 6) is 1.80. The molecule has 0 aliphatic rings. The van der Waals surface area contributed by atoms with Crippen molar-refractivity contribution in [2.24, 2.45) is 0 Å². The standard InChI is InChI=1S/C21H17FN4OS/c1-27-19-9-7-18(8-10-19)26-20(16-5-3-11-23-13-16)24-25-21(26)28-14-15-4-2-6-17(22)12-15/h2-13H,14H2,1H3. The summed E-state index contributed by atoms with van der Waals surface area (Å²) in [6.45, 7) is 0. The Hall–Kier alpha value is -3.19. The van der Waals surface area contributed by atoms with Crippen molar-refractivity contribution in [1.29, 1.82) is 0 Å². The lowest BCUT2D eigenvalue weighted by molar-refractivity contribution is 0.414.